The van der Waals surface area contributed by atoms with Gasteiger partial charge < -0.3 is 19.7 Å². The standard InChI is InChI=1S/C25H24O7S/c26-23(27)9-11-31-21-5-1-17(2-6-21)13-19-15-33-16-20(25(19)30)14-18-3-7-22(8-4-18)32-12-10-24(28)29/h1-8,13-14H,9-12,15-16H2,(H,26,27)(H,28,29)/b19-13-,20-14+. The van der Waals surface area contributed by atoms with Gasteiger partial charge in [-0.25, -0.2) is 0 Å². The van der Waals surface area contributed by atoms with Gasteiger partial charge in [0.1, 0.15) is 11.5 Å². The van der Waals surface area contributed by atoms with Crippen LogP contribution in [0.5, 0.6) is 11.5 Å². The molecule has 3 rings (SSSR count). The molecule has 0 aliphatic carbocycles. The summed E-state index contributed by atoms with van der Waals surface area (Å²) in [6.07, 6.45) is 3.60. The van der Waals surface area contributed by atoms with Gasteiger partial charge in [0.15, 0.2) is 5.78 Å². The van der Waals surface area contributed by atoms with E-state index in [1.165, 1.54) is 0 Å². The second-order valence-electron chi connectivity index (χ2n) is 7.28. The maximum absolute atomic E-state index is 13.0. The van der Waals surface area contributed by atoms with Crippen LogP contribution in [0.3, 0.4) is 0 Å². The maximum atomic E-state index is 13.0. The molecule has 0 aromatic heterocycles. The zero-order valence-electron chi connectivity index (χ0n) is 17.9. The molecule has 0 bridgehead atoms. The molecule has 0 unspecified atom stereocenters. The Kier molecular flexibility index (Phi) is 8.71. The number of thioether (sulfide) groups is 1. The summed E-state index contributed by atoms with van der Waals surface area (Å²) in [5.41, 5.74) is 3.17. The first-order valence-corrected chi connectivity index (χ1v) is 11.5. The number of carboxylic acid groups (broad SMARTS) is 2. The lowest BCUT2D eigenvalue weighted by Crippen LogP contribution is -2.16. The number of hydrogen-bond acceptors (Lipinski definition) is 6. The Morgan fingerprint density at radius 3 is 1.52 bits per heavy atom. The number of ketones is 1. The van der Waals surface area contributed by atoms with Gasteiger partial charge in [-0.05, 0) is 47.5 Å². The van der Waals surface area contributed by atoms with E-state index < -0.39 is 11.9 Å². The second kappa shape index (κ2) is 11.9. The van der Waals surface area contributed by atoms with Crippen LogP contribution in [-0.4, -0.2) is 52.7 Å². The van der Waals surface area contributed by atoms with Gasteiger partial charge >= 0.3 is 11.9 Å². The predicted octanol–water partition coefficient (Wildman–Crippen LogP) is 4.18. The Morgan fingerprint density at radius 2 is 1.15 bits per heavy atom. The van der Waals surface area contributed by atoms with Crippen LogP contribution in [0.25, 0.3) is 12.2 Å². The fraction of sp³-hybridized carbons (Fsp3) is 0.240. The van der Waals surface area contributed by atoms with E-state index in [4.69, 9.17) is 19.7 Å². The lowest BCUT2D eigenvalue weighted by molar-refractivity contribution is -0.138. The summed E-state index contributed by atoms with van der Waals surface area (Å²) < 4.78 is 10.8. The van der Waals surface area contributed by atoms with Gasteiger partial charge in [0.25, 0.3) is 0 Å². The fourth-order valence-electron chi connectivity index (χ4n) is 3.06. The molecule has 0 radical (unpaired) electrons. The van der Waals surface area contributed by atoms with Crippen molar-refractivity contribution in [2.75, 3.05) is 24.7 Å². The molecule has 1 heterocycles. The Balaban J connectivity index is 1.63. The number of Topliss-reactive ketones (excluding diaryl/α,β-unsaturated/α-hetero) is 1. The minimum Gasteiger partial charge on any atom is -0.493 e. The number of carboxylic acids is 2. The molecular formula is C25H24O7S. The van der Waals surface area contributed by atoms with Crippen LogP contribution >= 0.6 is 11.8 Å². The van der Waals surface area contributed by atoms with E-state index in [1.807, 2.05) is 36.4 Å². The summed E-state index contributed by atoms with van der Waals surface area (Å²) in [7, 11) is 0. The molecule has 1 aliphatic heterocycles. The highest BCUT2D eigenvalue weighted by Crippen LogP contribution is 2.27. The van der Waals surface area contributed by atoms with Crippen LogP contribution in [0.15, 0.2) is 59.7 Å². The minimum atomic E-state index is -0.909. The SMILES string of the molecule is O=C(O)CCOc1ccc(/C=C2\CSC/C(=C/c3ccc(OCCC(=O)O)cc3)C2=O)cc1. The van der Waals surface area contributed by atoms with Gasteiger partial charge in [0.05, 0.1) is 26.1 Å². The van der Waals surface area contributed by atoms with E-state index in [0.29, 0.717) is 34.2 Å². The van der Waals surface area contributed by atoms with E-state index in [1.54, 1.807) is 36.0 Å². The number of carbonyl (C=O) groups is 3. The Hall–Kier alpha value is -3.52. The average Bonchev–Trinajstić information content (AvgIpc) is 2.78. The molecule has 1 saturated heterocycles. The third-order valence-corrected chi connectivity index (χ3v) is 5.74. The molecule has 0 saturated carbocycles. The topological polar surface area (TPSA) is 110 Å². The third kappa shape index (κ3) is 7.84. The Bertz CT molecular complexity index is 970. The summed E-state index contributed by atoms with van der Waals surface area (Å²) in [6, 6.07) is 14.4. The van der Waals surface area contributed by atoms with E-state index in [-0.39, 0.29) is 31.8 Å². The molecule has 2 aromatic carbocycles. The summed E-state index contributed by atoms with van der Waals surface area (Å²) in [4.78, 5) is 34.1. The number of hydrogen-bond donors (Lipinski definition) is 2. The summed E-state index contributed by atoms with van der Waals surface area (Å²) in [5.74, 6) is 0.615. The summed E-state index contributed by atoms with van der Waals surface area (Å²) >= 11 is 1.67. The highest BCUT2D eigenvalue weighted by molar-refractivity contribution is 7.99. The molecule has 2 N–H and O–H groups in total. The van der Waals surface area contributed by atoms with Gasteiger partial charge in [-0.1, -0.05) is 24.3 Å². The Labute approximate surface area is 195 Å². The lowest BCUT2D eigenvalue weighted by Gasteiger charge is -2.16. The number of rotatable bonds is 10. The first-order valence-electron chi connectivity index (χ1n) is 10.3. The maximum Gasteiger partial charge on any atom is 0.306 e. The number of ether oxygens (including phenoxy) is 2. The molecule has 2 aromatic rings. The van der Waals surface area contributed by atoms with Crippen LogP contribution in [-0.2, 0) is 14.4 Å². The molecule has 0 amide bonds. The van der Waals surface area contributed by atoms with Gasteiger partial charge in [-0.2, -0.15) is 11.8 Å². The van der Waals surface area contributed by atoms with Crippen molar-refractivity contribution < 1.29 is 34.1 Å². The van der Waals surface area contributed by atoms with Crippen molar-refractivity contribution in [3.63, 3.8) is 0 Å². The van der Waals surface area contributed by atoms with Crippen molar-refractivity contribution in [1.82, 2.24) is 0 Å². The van der Waals surface area contributed by atoms with Gasteiger partial charge in [0, 0.05) is 22.7 Å². The molecule has 7 nitrogen and oxygen atoms in total. The summed E-state index contributed by atoms with van der Waals surface area (Å²) in [5, 5.41) is 17.3. The van der Waals surface area contributed by atoms with Crippen molar-refractivity contribution in [2.45, 2.75) is 12.8 Å². The first kappa shape index (κ1) is 24.1. The Morgan fingerprint density at radius 1 is 0.758 bits per heavy atom. The van der Waals surface area contributed by atoms with Gasteiger partial charge in [-0.3, -0.25) is 14.4 Å². The predicted molar refractivity (Wildman–Crippen MR) is 127 cm³/mol. The van der Waals surface area contributed by atoms with E-state index in [9.17, 15) is 14.4 Å². The number of aliphatic carboxylic acids is 2. The zero-order chi connectivity index (χ0) is 23.6. The molecule has 0 spiro atoms. The largest absolute Gasteiger partial charge is 0.493 e. The minimum absolute atomic E-state index is 0.0114. The number of benzene rings is 2. The molecule has 8 heteroatoms. The van der Waals surface area contributed by atoms with Crippen molar-refractivity contribution in [1.29, 1.82) is 0 Å². The van der Waals surface area contributed by atoms with Gasteiger partial charge in [0.2, 0.25) is 0 Å². The van der Waals surface area contributed by atoms with E-state index in [0.717, 1.165) is 11.1 Å². The lowest BCUT2D eigenvalue weighted by atomic mass is 10.0. The fourth-order valence-corrected chi connectivity index (χ4v) is 4.03. The van der Waals surface area contributed by atoms with Crippen molar-refractivity contribution in [3.8, 4) is 11.5 Å². The van der Waals surface area contributed by atoms with E-state index >= 15 is 0 Å². The van der Waals surface area contributed by atoms with E-state index in [2.05, 4.69) is 0 Å². The summed E-state index contributed by atoms with van der Waals surface area (Å²) in [6.45, 7) is 0.211. The highest BCUT2D eigenvalue weighted by Gasteiger charge is 2.21. The molecule has 0 atom stereocenters. The second-order valence-corrected chi connectivity index (χ2v) is 8.27. The molecule has 1 aliphatic rings. The number of carbonyl (C=O) groups excluding carboxylic acids is 1. The normalized spacial score (nSPS) is 16.1. The molecule has 1 fully saturated rings. The average molecular weight is 469 g/mol. The van der Waals surface area contributed by atoms with Crippen molar-refractivity contribution in [2.24, 2.45) is 0 Å². The molecular weight excluding hydrogens is 444 g/mol. The molecule has 33 heavy (non-hydrogen) atoms. The van der Waals surface area contributed by atoms with Crippen LogP contribution in [0.2, 0.25) is 0 Å². The highest BCUT2D eigenvalue weighted by atomic mass is 32.2. The molecule has 172 valence electrons. The van der Waals surface area contributed by atoms with Gasteiger partial charge in [-0.15, -0.1) is 0 Å². The van der Waals surface area contributed by atoms with Crippen LogP contribution in [0, 0.1) is 0 Å². The van der Waals surface area contributed by atoms with Crippen LogP contribution < -0.4 is 9.47 Å². The zero-order valence-corrected chi connectivity index (χ0v) is 18.7. The monoisotopic (exact) mass is 468 g/mol. The quantitative estimate of drug-likeness (QED) is 0.500. The smallest absolute Gasteiger partial charge is 0.306 e. The van der Waals surface area contributed by atoms with Crippen LogP contribution in [0.1, 0.15) is 24.0 Å². The van der Waals surface area contributed by atoms with Crippen LogP contribution in [0.4, 0.5) is 0 Å². The first-order chi connectivity index (χ1) is 15.9. The van der Waals surface area contributed by atoms with Crippen molar-refractivity contribution in [3.05, 3.63) is 70.8 Å². The van der Waals surface area contributed by atoms with Crippen molar-refractivity contribution >= 4 is 41.6 Å². The third-order valence-electron chi connectivity index (χ3n) is 4.71.